The van der Waals surface area contributed by atoms with Crippen molar-refractivity contribution in [3.63, 3.8) is 0 Å². The van der Waals surface area contributed by atoms with E-state index in [1.807, 2.05) is 6.08 Å². The SMILES string of the molecule is CC(C)(C)OC(=O)N[C@H](C(=O)OC[C@H]1O[C@@](C#N)(C2CC=C3C(NC(=O)CC4CCCCC4)=NC=NN32)[C@@H]2OC(C)(C)O[C@@H]21)C(C)(C)C. The fraction of sp³-hybridized carbons (Fsp3) is 0.765. The third-order valence-corrected chi connectivity index (χ3v) is 9.23. The minimum absolute atomic E-state index is 0.0988. The van der Waals surface area contributed by atoms with E-state index >= 15 is 0 Å². The number of fused-ring (bicyclic) bond motifs is 2. The summed E-state index contributed by atoms with van der Waals surface area (Å²) in [6.45, 7) is 13.8. The predicted octanol–water partition coefficient (Wildman–Crippen LogP) is 4.05. The molecule has 0 radical (unpaired) electrons. The van der Waals surface area contributed by atoms with Crippen LogP contribution in [-0.4, -0.2) is 89.1 Å². The first-order valence-corrected chi connectivity index (χ1v) is 16.9. The van der Waals surface area contributed by atoms with Crippen LogP contribution in [0.5, 0.6) is 0 Å². The number of ether oxygens (including phenoxy) is 5. The minimum atomic E-state index is -1.59. The molecule has 48 heavy (non-hydrogen) atoms. The number of esters is 1. The molecule has 2 saturated heterocycles. The fourth-order valence-corrected chi connectivity index (χ4v) is 7.07. The lowest BCUT2D eigenvalue weighted by atomic mass is 9.86. The summed E-state index contributed by atoms with van der Waals surface area (Å²) in [5.41, 5.74) is -2.47. The first-order valence-electron chi connectivity index (χ1n) is 16.9. The van der Waals surface area contributed by atoms with Gasteiger partial charge in [0.25, 0.3) is 0 Å². The van der Waals surface area contributed by atoms with Crippen molar-refractivity contribution in [1.82, 2.24) is 15.6 Å². The molecule has 0 spiro atoms. The van der Waals surface area contributed by atoms with Crippen molar-refractivity contribution in [3.8, 4) is 6.07 Å². The van der Waals surface area contributed by atoms with E-state index in [0.717, 1.165) is 25.7 Å². The van der Waals surface area contributed by atoms with E-state index in [1.54, 1.807) is 60.4 Å². The van der Waals surface area contributed by atoms with Crippen molar-refractivity contribution < 1.29 is 38.1 Å². The number of alkyl carbamates (subject to hydrolysis) is 1. The van der Waals surface area contributed by atoms with Crippen molar-refractivity contribution >= 4 is 30.1 Å². The van der Waals surface area contributed by atoms with Gasteiger partial charge in [0.1, 0.15) is 55.0 Å². The molecule has 0 aromatic heterocycles. The number of rotatable bonds is 7. The maximum Gasteiger partial charge on any atom is 0.408 e. The zero-order valence-corrected chi connectivity index (χ0v) is 29.3. The number of carbonyl (C=O) groups is 3. The summed E-state index contributed by atoms with van der Waals surface area (Å²) in [5.74, 6) is -1.09. The second-order valence-corrected chi connectivity index (χ2v) is 15.8. The molecule has 2 N–H and O–H groups in total. The Bertz CT molecular complexity index is 1400. The van der Waals surface area contributed by atoms with Gasteiger partial charge in [-0.25, -0.2) is 14.6 Å². The summed E-state index contributed by atoms with van der Waals surface area (Å²) in [5, 5.41) is 22.5. The Kier molecular flexibility index (Phi) is 9.98. The number of nitrogens with one attached hydrogen (secondary N) is 2. The van der Waals surface area contributed by atoms with E-state index in [0.29, 0.717) is 30.3 Å². The van der Waals surface area contributed by atoms with Gasteiger partial charge in [-0.15, -0.1) is 0 Å². The van der Waals surface area contributed by atoms with E-state index in [4.69, 9.17) is 23.7 Å². The van der Waals surface area contributed by atoms with Crippen LogP contribution in [0.25, 0.3) is 0 Å². The molecule has 264 valence electrons. The van der Waals surface area contributed by atoms with E-state index in [1.165, 1.54) is 12.8 Å². The molecule has 6 atom stereocenters. The maximum atomic E-state index is 13.4. The third kappa shape index (κ3) is 7.68. The standard InChI is InChI=1S/C34H50N6O8/c1-31(2,3)26(39-30(43)48-32(4,5)6)29(42)44-17-22-25-27(47-33(7,8)46-25)34(18-35,45-22)23-15-14-21-28(36-19-37-40(21)23)38-24(41)16-20-12-10-9-11-13-20/h14,19-20,22-23,25-27H,9-13,15-17H2,1-8H3,(H,39,43)(H,36,37,38,41)/t22-,23?,25-,26-,27-,34+/m1/s1. The number of hydrazone groups is 1. The van der Waals surface area contributed by atoms with Crippen molar-refractivity contribution in [2.24, 2.45) is 21.4 Å². The summed E-state index contributed by atoms with van der Waals surface area (Å²) in [4.78, 5) is 43.3. The molecule has 3 fully saturated rings. The largest absolute Gasteiger partial charge is 0.461 e. The summed E-state index contributed by atoms with van der Waals surface area (Å²) >= 11 is 0. The molecular weight excluding hydrogens is 620 g/mol. The lowest BCUT2D eigenvalue weighted by molar-refractivity contribution is -0.212. The van der Waals surface area contributed by atoms with E-state index in [2.05, 4.69) is 26.8 Å². The first-order chi connectivity index (χ1) is 22.4. The number of amides is 2. The molecule has 1 unspecified atom stereocenters. The first kappa shape index (κ1) is 35.8. The molecule has 4 heterocycles. The minimum Gasteiger partial charge on any atom is -0.461 e. The van der Waals surface area contributed by atoms with Crippen molar-refractivity contribution in [3.05, 3.63) is 11.8 Å². The van der Waals surface area contributed by atoms with Gasteiger partial charge >= 0.3 is 12.1 Å². The van der Waals surface area contributed by atoms with E-state index in [9.17, 15) is 19.6 Å². The van der Waals surface area contributed by atoms with Gasteiger partial charge in [-0.1, -0.05) is 46.1 Å². The molecule has 1 aliphatic carbocycles. The highest BCUT2D eigenvalue weighted by molar-refractivity contribution is 6.10. The van der Waals surface area contributed by atoms with Crippen LogP contribution >= 0.6 is 0 Å². The van der Waals surface area contributed by atoms with Gasteiger partial charge in [-0.05, 0) is 65.2 Å². The second kappa shape index (κ2) is 13.4. The average Bonchev–Trinajstić information content (AvgIpc) is 3.64. The lowest BCUT2D eigenvalue weighted by Crippen LogP contribution is -2.56. The quantitative estimate of drug-likeness (QED) is 0.376. The monoisotopic (exact) mass is 670 g/mol. The second-order valence-electron chi connectivity index (χ2n) is 15.8. The Balaban J connectivity index is 1.29. The molecule has 5 aliphatic rings. The Labute approximate surface area is 282 Å². The molecule has 14 heteroatoms. The molecule has 0 aromatic rings. The lowest BCUT2D eigenvalue weighted by Gasteiger charge is -2.38. The molecule has 1 saturated carbocycles. The van der Waals surface area contributed by atoms with Gasteiger partial charge in [0, 0.05) is 6.42 Å². The highest BCUT2D eigenvalue weighted by Crippen LogP contribution is 2.49. The van der Waals surface area contributed by atoms with Crippen LogP contribution in [0.1, 0.15) is 100 Å². The van der Waals surface area contributed by atoms with Crippen LogP contribution in [0.2, 0.25) is 0 Å². The van der Waals surface area contributed by atoms with Crippen LogP contribution in [-0.2, 0) is 33.3 Å². The van der Waals surface area contributed by atoms with Gasteiger partial charge in [-0.3, -0.25) is 9.80 Å². The molecule has 0 aromatic carbocycles. The predicted molar refractivity (Wildman–Crippen MR) is 174 cm³/mol. The Morgan fingerprint density at radius 3 is 2.46 bits per heavy atom. The van der Waals surface area contributed by atoms with Gasteiger partial charge < -0.3 is 34.3 Å². The van der Waals surface area contributed by atoms with Crippen molar-refractivity contribution in [2.45, 2.75) is 148 Å². The molecule has 14 nitrogen and oxygen atoms in total. The summed E-state index contributed by atoms with van der Waals surface area (Å²) in [7, 11) is 0. The number of amidine groups is 1. The summed E-state index contributed by atoms with van der Waals surface area (Å²) in [6.07, 6.45) is 6.41. The van der Waals surface area contributed by atoms with E-state index in [-0.39, 0.29) is 12.5 Å². The molecule has 2 amide bonds. The Morgan fingerprint density at radius 1 is 1.10 bits per heavy atom. The highest BCUT2D eigenvalue weighted by Gasteiger charge is 2.68. The van der Waals surface area contributed by atoms with Crippen molar-refractivity contribution in [2.75, 3.05) is 6.61 Å². The molecule has 5 rings (SSSR count). The summed E-state index contributed by atoms with van der Waals surface area (Å²) in [6, 6.07) is 0.681. The average molecular weight is 671 g/mol. The fourth-order valence-electron chi connectivity index (χ4n) is 7.07. The summed E-state index contributed by atoms with van der Waals surface area (Å²) < 4.78 is 30.1. The number of nitrogens with zero attached hydrogens (tertiary/aromatic N) is 4. The van der Waals surface area contributed by atoms with Gasteiger partial charge in [0.05, 0.1) is 5.70 Å². The Hall–Kier alpha value is -3.54. The number of aliphatic imine (C=N–C) groups is 1. The third-order valence-electron chi connectivity index (χ3n) is 9.23. The smallest absolute Gasteiger partial charge is 0.408 e. The number of hydrogen-bond donors (Lipinski definition) is 2. The van der Waals surface area contributed by atoms with Crippen LogP contribution in [0.4, 0.5) is 4.79 Å². The molecule has 0 bridgehead atoms. The van der Waals surface area contributed by atoms with Crippen molar-refractivity contribution in [1.29, 1.82) is 5.26 Å². The van der Waals surface area contributed by atoms with E-state index < -0.39 is 64.9 Å². The van der Waals surface area contributed by atoms with Gasteiger partial charge in [0.2, 0.25) is 11.5 Å². The zero-order chi connectivity index (χ0) is 35.1. The normalized spacial score (nSPS) is 30.4. The number of carbonyl (C=O) groups excluding carboxylic acids is 3. The van der Waals surface area contributed by atoms with Crippen LogP contribution < -0.4 is 10.6 Å². The molecular formula is C34H50N6O8. The molecule has 4 aliphatic heterocycles. The Morgan fingerprint density at radius 2 is 1.81 bits per heavy atom. The van der Waals surface area contributed by atoms with Gasteiger partial charge in [0.15, 0.2) is 11.6 Å². The highest BCUT2D eigenvalue weighted by atomic mass is 16.8. The van der Waals surface area contributed by atoms with Gasteiger partial charge in [-0.2, -0.15) is 10.4 Å². The van der Waals surface area contributed by atoms with Crippen LogP contribution in [0.15, 0.2) is 21.9 Å². The maximum absolute atomic E-state index is 13.4. The topological polar surface area (TPSA) is 173 Å². The van der Waals surface area contributed by atoms with Crippen LogP contribution in [0, 0.1) is 22.7 Å². The number of hydrogen-bond acceptors (Lipinski definition) is 12. The number of nitriles is 1. The zero-order valence-electron chi connectivity index (χ0n) is 29.3. The van der Waals surface area contributed by atoms with Crippen LogP contribution in [0.3, 0.4) is 0 Å².